The minimum atomic E-state index is -0.233. The van der Waals surface area contributed by atoms with Gasteiger partial charge in [0.25, 0.3) is 5.91 Å². The van der Waals surface area contributed by atoms with E-state index in [9.17, 15) is 4.79 Å². The Labute approximate surface area is 94.2 Å². The summed E-state index contributed by atoms with van der Waals surface area (Å²) in [5.41, 5.74) is 2.64. The number of aliphatic hydroxyl groups excluding tert-OH is 1. The van der Waals surface area contributed by atoms with Crippen molar-refractivity contribution in [1.82, 2.24) is 15.5 Å². The molecular formula is C11H17N3O2. The Morgan fingerprint density at radius 1 is 1.56 bits per heavy atom. The van der Waals surface area contributed by atoms with Crippen molar-refractivity contribution < 1.29 is 9.90 Å². The summed E-state index contributed by atoms with van der Waals surface area (Å²) in [6.07, 6.45) is 4.17. The van der Waals surface area contributed by atoms with Gasteiger partial charge in [-0.3, -0.25) is 9.89 Å². The Morgan fingerprint density at radius 2 is 2.31 bits per heavy atom. The summed E-state index contributed by atoms with van der Waals surface area (Å²) in [6.45, 7) is 1.70. The average Bonchev–Trinajstić information content (AvgIpc) is 2.72. The third kappa shape index (κ3) is 2.09. The van der Waals surface area contributed by atoms with E-state index in [1.165, 1.54) is 0 Å². The van der Waals surface area contributed by atoms with E-state index in [-0.39, 0.29) is 18.6 Å². The van der Waals surface area contributed by atoms with Gasteiger partial charge in [0.2, 0.25) is 0 Å². The van der Waals surface area contributed by atoms with Gasteiger partial charge >= 0.3 is 0 Å². The lowest BCUT2D eigenvalue weighted by molar-refractivity contribution is 0.0916. The van der Waals surface area contributed by atoms with E-state index in [0.29, 0.717) is 5.69 Å². The number of aryl methyl sites for hydroxylation is 1. The minimum absolute atomic E-state index is 0.0572. The van der Waals surface area contributed by atoms with Gasteiger partial charge in [-0.2, -0.15) is 5.10 Å². The number of fused-ring (bicyclic) bond motifs is 1. The van der Waals surface area contributed by atoms with Gasteiger partial charge < -0.3 is 10.4 Å². The number of carbonyl (C=O) groups excluding carboxylic acids is 1. The number of H-pyrrole nitrogens is 1. The van der Waals surface area contributed by atoms with Crippen LogP contribution < -0.4 is 5.32 Å². The maximum atomic E-state index is 11.8. The molecule has 3 N–H and O–H groups in total. The predicted octanol–water partition coefficient (Wildman–Crippen LogP) is 0.399. The number of hydrogen-bond donors (Lipinski definition) is 3. The largest absolute Gasteiger partial charge is 0.394 e. The van der Waals surface area contributed by atoms with Crippen molar-refractivity contribution in [1.29, 1.82) is 0 Å². The molecule has 5 heteroatoms. The van der Waals surface area contributed by atoms with E-state index in [0.717, 1.165) is 36.9 Å². The van der Waals surface area contributed by atoms with Crippen LogP contribution in [0.2, 0.25) is 0 Å². The van der Waals surface area contributed by atoms with Gasteiger partial charge in [-0.1, -0.05) is 0 Å². The van der Waals surface area contributed by atoms with Gasteiger partial charge in [0.1, 0.15) is 0 Å². The number of hydrogen-bond acceptors (Lipinski definition) is 3. The van der Waals surface area contributed by atoms with Crippen molar-refractivity contribution in [3.63, 3.8) is 0 Å². The van der Waals surface area contributed by atoms with E-state index in [1.807, 2.05) is 0 Å². The molecule has 16 heavy (non-hydrogen) atoms. The van der Waals surface area contributed by atoms with Crippen LogP contribution in [0.15, 0.2) is 0 Å². The smallest absolute Gasteiger partial charge is 0.272 e. The van der Waals surface area contributed by atoms with E-state index in [4.69, 9.17) is 5.11 Å². The second kappa shape index (κ2) is 4.65. The molecule has 88 valence electrons. The maximum absolute atomic E-state index is 11.8. The van der Waals surface area contributed by atoms with Crippen LogP contribution in [-0.4, -0.2) is 33.9 Å². The van der Waals surface area contributed by atoms with E-state index in [2.05, 4.69) is 15.5 Å². The minimum Gasteiger partial charge on any atom is -0.394 e. The van der Waals surface area contributed by atoms with Crippen LogP contribution in [0, 0.1) is 0 Å². The van der Waals surface area contributed by atoms with Crippen molar-refractivity contribution in [2.24, 2.45) is 0 Å². The Morgan fingerprint density at radius 3 is 3.06 bits per heavy atom. The van der Waals surface area contributed by atoms with Crippen molar-refractivity contribution in [2.75, 3.05) is 6.61 Å². The molecule has 0 aliphatic heterocycles. The molecule has 1 aromatic heterocycles. The molecular weight excluding hydrogens is 206 g/mol. The lowest BCUT2D eigenvalue weighted by Crippen LogP contribution is -2.35. The van der Waals surface area contributed by atoms with Crippen LogP contribution in [0.25, 0.3) is 0 Å². The quantitative estimate of drug-likeness (QED) is 0.694. The Kier molecular flexibility index (Phi) is 3.24. The molecule has 0 spiro atoms. The number of aromatic amines is 1. The number of rotatable bonds is 3. The van der Waals surface area contributed by atoms with Gasteiger partial charge in [0.05, 0.1) is 6.61 Å². The van der Waals surface area contributed by atoms with E-state index in [1.54, 1.807) is 6.92 Å². The highest BCUT2D eigenvalue weighted by molar-refractivity contribution is 5.94. The summed E-state index contributed by atoms with van der Waals surface area (Å²) >= 11 is 0. The number of nitrogens with one attached hydrogen (secondary N) is 2. The van der Waals surface area contributed by atoms with Gasteiger partial charge in [-0.15, -0.1) is 0 Å². The third-order valence-corrected chi connectivity index (χ3v) is 2.92. The highest BCUT2D eigenvalue weighted by Crippen LogP contribution is 2.21. The molecule has 1 aliphatic rings. The zero-order valence-corrected chi connectivity index (χ0v) is 9.42. The van der Waals surface area contributed by atoms with Crippen molar-refractivity contribution in [3.05, 3.63) is 17.0 Å². The van der Waals surface area contributed by atoms with Crippen LogP contribution in [0.1, 0.15) is 41.5 Å². The first-order valence-corrected chi connectivity index (χ1v) is 5.70. The Balaban J connectivity index is 2.14. The van der Waals surface area contributed by atoms with E-state index >= 15 is 0 Å². The Hall–Kier alpha value is -1.36. The number of carbonyl (C=O) groups is 1. The number of aromatic nitrogens is 2. The summed E-state index contributed by atoms with van der Waals surface area (Å²) < 4.78 is 0. The van der Waals surface area contributed by atoms with Crippen molar-refractivity contribution >= 4 is 5.91 Å². The van der Waals surface area contributed by atoms with Crippen LogP contribution >= 0.6 is 0 Å². The van der Waals surface area contributed by atoms with Crippen molar-refractivity contribution in [3.8, 4) is 0 Å². The first-order valence-electron chi connectivity index (χ1n) is 5.70. The highest BCUT2D eigenvalue weighted by atomic mass is 16.3. The summed E-state index contributed by atoms with van der Waals surface area (Å²) in [5, 5.41) is 18.6. The van der Waals surface area contributed by atoms with Crippen LogP contribution in [0.4, 0.5) is 0 Å². The summed E-state index contributed by atoms with van der Waals surface area (Å²) in [6, 6.07) is -0.233. The molecule has 1 aromatic rings. The lowest BCUT2D eigenvalue weighted by Gasteiger charge is -2.13. The lowest BCUT2D eigenvalue weighted by atomic mass is 9.96. The second-order valence-corrected chi connectivity index (χ2v) is 4.29. The first-order chi connectivity index (χ1) is 7.72. The molecule has 0 bridgehead atoms. The number of amides is 1. The number of aliphatic hydroxyl groups is 1. The number of nitrogens with zero attached hydrogens (tertiary/aromatic N) is 1. The van der Waals surface area contributed by atoms with Crippen LogP contribution in [0.5, 0.6) is 0 Å². The fourth-order valence-electron chi connectivity index (χ4n) is 2.01. The zero-order valence-electron chi connectivity index (χ0n) is 9.42. The molecule has 1 heterocycles. The molecule has 0 radical (unpaired) electrons. The topological polar surface area (TPSA) is 78.0 Å². The molecule has 1 aliphatic carbocycles. The fraction of sp³-hybridized carbons (Fsp3) is 0.636. The van der Waals surface area contributed by atoms with Gasteiger partial charge in [-0.25, -0.2) is 0 Å². The normalized spacial score (nSPS) is 16.6. The molecule has 5 nitrogen and oxygen atoms in total. The molecule has 0 aromatic carbocycles. The monoisotopic (exact) mass is 223 g/mol. The summed E-state index contributed by atoms with van der Waals surface area (Å²) in [7, 11) is 0. The van der Waals surface area contributed by atoms with Crippen molar-refractivity contribution in [2.45, 2.75) is 38.6 Å². The maximum Gasteiger partial charge on any atom is 0.272 e. The predicted molar refractivity (Wildman–Crippen MR) is 59.2 cm³/mol. The first kappa shape index (κ1) is 11.1. The zero-order chi connectivity index (χ0) is 11.5. The summed E-state index contributed by atoms with van der Waals surface area (Å²) in [4.78, 5) is 11.8. The van der Waals surface area contributed by atoms with E-state index < -0.39 is 0 Å². The second-order valence-electron chi connectivity index (χ2n) is 4.29. The summed E-state index contributed by atoms with van der Waals surface area (Å²) in [5.74, 6) is -0.194. The van der Waals surface area contributed by atoms with Crippen LogP contribution in [-0.2, 0) is 12.8 Å². The highest BCUT2D eigenvalue weighted by Gasteiger charge is 2.22. The fourth-order valence-corrected chi connectivity index (χ4v) is 2.01. The Bertz CT molecular complexity index is 387. The average molecular weight is 223 g/mol. The molecule has 2 rings (SSSR count). The molecule has 0 saturated heterocycles. The van der Waals surface area contributed by atoms with Gasteiger partial charge in [-0.05, 0) is 32.6 Å². The van der Waals surface area contributed by atoms with Gasteiger partial charge in [0.15, 0.2) is 5.69 Å². The molecule has 1 atom stereocenters. The third-order valence-electron chi connectivity index (χ3n) is 2.92. The molecule has 1 unspecified atom stereocenters. The molecule has 1 amide bonds. The standard InChI is InChI=1S/C11H17N3O2/c1-7(6-15)12-11(16)10-8-4-2-3-5-9(8)13-14-10/h7,15H,2-6H2,1H3,(H,12,16)(H,13,14). The SMILES string of the molecule is CC(CO)NC(=O)c1n[nH]c2c1CCCC2. The van der Waals surface area contributed by atoms with Crippen LogP contribution in [0.3, 0.4) is 0 Å². The molecule has 0 saturated carbocycles. The van der Waals surface area contributed by atoms with Gasteiger partial charge in [0, 0.05) is 17.3 Å². The molecule has 0 fully saturated rings.